The van der Waals surface area contributed by atoms with Crippen molar-refractivity contribution < 1.29 is 28.5 Å². The minimum atomic E-state index is -0.683. The molecule has 0 saturated carbocycles. The number of Topliss-reactive ketones (excluding diaryl/α,β-unsaturated/α-hetero) is 1. The van der Waals surface area contributed by atoms with Gasteiger partial charge in [-0.3, -0.25) is 14.2 Å². The first-order valence-corrected chi connectivity index (χ1v) is 14.6. The number of aromatic nitrogens is 2. The number of aromatic amines is 1. The van der Waals surface area contributed by atoms with E-state index in [0.717, 1.165) is 11.3 Å². The van der Waals surface area contributed by atoms with E-state index in [9.17, 15) is 19.6 Å². The Morgan fingerprint density at radius 2 is 1.73 bits per heavy atom. The molecule has 0 aliphatic carbocycles. The second-order valence-electron chi connectivity index (χ2n) is 9.56. The summed E-state index contributed by atoms with van der Waals surface area (Å²) in [4.78, 5) is 43.5. The normalized spacial score (nSPS) is 12.0. The number of ketones is 1. The number of H-pyrrole nitrogens is 1. The lowest BCUT2D eigenvalue weighted by Crippen LogP contribution is -2.32. The molecule has 2 heterocycles. The Kier molecular flexibility index (Phi) is 9.67. The van der Waals surface area contributed by atoms with Gasteiger partial charge in [-0.1, -0.05) is 17.7 Å². The van der Waals surface area contributed by atoms with E-state index in [1.165, 1.54) is 25.9 Å². The van der Waals surface area contributed by atoms with E-state index in [1.54, 1.807) is 64.1 Å². The van der Waals surface area contributed by atoms with Crippen molar-refractivity contribution in [3.05, 3.63) is 88.5 Å². The molecular formula is C32H30ClN3O7S. The Bertz CT molecular complexity index is 1990. The molecule has 4 rings (SSSR count). The van der Waals surface area contributed by atoms with Crippen LogP contribution in [0.15, 0.2) is 35.1 Å². The highest BCUT2D eigenvalue weighted by Gasteiger charge is 2.27. The average Bonchev–Trinajstić information content (AvgIpc) is 3.48. The van der Waals surface area contributed by atoms with Crippen molar-refractivity contribution in [2.24, 2.45) is 0 Å². The van der Waals surface area contributed by atoms with Crippen LogP contribution in [-0.2, 0) is 4.74 Å². The van der Waals surface area contributed by atoms with Crippen LogP contribution in [-0.4, -0.2) is 49.2 Å². The van der Waals surface area contributed by atoms with Crippen LogP contribution in [0.4, 0.5) is 0 Å². The summed E-state index contributed by atoms with van der Waals surface area (Å²) in [6.45, 7) is 6.83. The molecule has 12 heteroatoms. The first-order chi connectivity index (χ1) is 21.0. The number of halogens is 1. The van der Waals surface area contributed by atoms with E-state index in [4.69, 9.17) is 30.5 Å². The lowest BCUT2D eigenvalue weighted by molar-refractivity contribution is 0.0525. The van der Waals surface area contributed by atoms with E-state index in [2.05, 4.69) is 4.98 Å². The molecule has 0 aliphatic heterocycles. The Hall–Kier alpha value is -4.79. The maximum absolute atomic E-state index is 14.1. The van der Waals surface area contributed by atoms with Gasteiger partial charge in [0.15, 0.2) is 11.5 Å². The molecule has 0 atom stereocenters. The summed E-state index contributed by atoms with van der Waals surface area (Å²) in [5, 5.41) is 10.7. The molecule has 1 N–H and O–H groups in total. The monoisotopic (exact) mass is 635 g/mol. The number of nitriles is 1. The molecule has 0 aliphatic rings. The van der Waals surface area contributed by atoms with Crippen molar-refractivity contribution in [3.8, 4) is 29.0 Å². The molecule has 44 heavy (non-hydrogen) atoms. The fourth-order valence-corrected chi connectivity index (χ4v) is 6.11. The Morgan fingerprint density at radius 1 is 1.07 bits per heavy atom. The van der Waals surface area contributed by atoms with Gasteiger partial charge in [-0.05, 0) is 74.7 Å². The molecule has 0 amide bonds. The number of methoxy groups -OCH3 is 3. The third kappa shape index (κ3) is 5.74. The molecule has 2 aromatic heterocycles. The van der Waals surface area contributed by atoms with E-state index in [1.807, 2.05) is 6.07 Å². The lowest BCUT2D eigenvalue weighted by Gasteiger charge is -2.12. The maximum atomic E-state index is 14.1. The van der Waals surface area contributed by atoms with Crippen LogP contribution >= 0.6 is 22.9 Å². The number of nitrogens with one attached hydrogen (secondary N) is 1. The first kappa shape index (κ1) is 32.1. The molecule has 228 valence electrons. The van der Waals surface area contributed by atoms with Crippen molar-refractivity contribution in [2.75, 3.05) is 27.9 Å². The van der Waals surface area contributed by atoms with Crippen molar-refractivity contribution >= 4 is 46.3 Å². The summed E-state index contributed by atoms with van der Waals surface area (Å²) in [7, 11) is 4.45. The highest BCUT2D eigenvalue weighted by molar-refractivity contribution is 7.07. The van der Waals surface area contributed by atoms with Gasteiger partial charge in [0.25, 0.3) is 5.56 Å². The highest BCUT2D eigenvalue weighted by atomic mass is 35.5. The smallest absolute Gasteiger partial charge is 0.340 e. The van der Waals surface area contributed by atoms with Crippen LogP contribution in [0.3, 0.4) is 0 Å². The summed E-state index contributed by atoms with van der Waals surface area (Å²) in [6, 6.07) is 10.4. The average molecular weight is 636 g/mol. The predicted molar refractivity (Wildman–Crippen MR) is 168 cm³/mol. The zero-order valence-electron chi connectivity index (χ0n) is 25.2. The fourth-order valence-electron chi connectivity index (χ4n) is 4.85. The van der Waals surface area contributed by atoms with Gasteiger partial charge in [0.2, 0.25) is 11.5 Å². The van der Waals surface area contributed by atoms with Crippen molar-refractivity contribution in [1.82, 2.24) is 9.55 Å². The minimum absolute atomic E-state index is 0.0486. The van der Waals surface area contributed by atoms with Crippen LogP contribution in [0.1, 0.15) is 50.2 Å². The van der Waals surface area contributed by atoms with Gasteiger partial charge in [-0.2, -0.15) is 5.26 Å². The summed E-state index contributed by atoms with van der Waals surface area (Å²) in [5.74, 6) is -0.111. The number of carbonyl (C=O) groups excluding carboxylic acids is 2. The van der Waals surface area contributed by atoms with E-state index in [-0.39, 0.29) is 32.6 Å². The molecule has 2 aromatic carbocycles. The number of rotatable bonds is 9. The second-order valence-corrected chi connectivity index (χ2v) is 11.0. The van der Waals surface area contributed by atoms with Crippen molar-refractivity contribution in [2.45, 2.75) is 27.7 Å². The number of carbonyl (C=O) groups is 2. The number of hydrogen-bond donors (Lipinski definition) is 1. The molecule has 0 radical (unpaired) electrons. The van der Waals surface area contributed by atoms with Gasteiger partial charge in [0, 0.05) is 10.7 Å². The lowest BCUT2D eigenvalue weighted by atomic mass is 10.0. The SMILES string of the molecule is CCOC(=O)c1c(C)[nH]c(C(=O)/C(C#N)=c2/s/c(=C\c3cc(OC)c(OC)c(OC)c3)c(=O)n2-c2cccc(Cl)c2C)c1C. The number of hydrogen-bond acceptors (Lipinski definition) is 9. The number of benzene rings is 2. The Balaban J connectivity index is 2.08. The van der Waals surface area contributed by atoms with Gasteiger partial charge in [-0.15, -0.1) is 11.3 Å². The highest BCUT2D eigenvalue weighted by Crippen LogP contribution is 2.38. The summed E-state index contributed by atoms with van der Waals surface area (Å²) >= 11 is 7.39. The standard InChI is InChI=1S/C32H30ClN3O7S/c1-8-43-32(39)26-17(3)27(35-18(26)4)28(37)20(15-34)31-36(22-11-9-10-21(33)16(22)2)30(38)25(44-31)14-19-12-23(40-5)29(42-7)24(13-19)41-6/h9-14,35H,8H2,1-7H3/b25-14-,31-20+. The summed E-state index contributed by atoms with van der Waals surface area (Å²) in [5.41, 5.74) is 1.80. The summed E-state index contributed by atoms with van der Waals surface area (Å²) in [6.07, 6.45) is 1.61. The molecule has 0 bridgehead atoms. The largest absolute Gasteiger partial charge is 0.493 e. The first-order valence-electron chi connectivity index (χ1n) is 13.4. The quantitative estimate of drug-likeness (QED) is 0.212. The molecule has 0 saturated heterocycles. The molecule has 0 fully saturated rings. The van der Waals surface area contributed by atoms with Crippen LogP contribution < -0.4 is 29.0 Å². The third-order valence-corrected chi connectivity index (χ3v) is 8.49. The number of thiazole rings is 1. The van der Waals surface area contributed by atoms with Crippen molar-refractivity contribution in [3.63, 3.8) is 0 Å². The van der Waals surface area contributed by atoms with Crippen LogP contribution in [0.25, 0.3) is 17.3 Å². The third-order valence-electron chi connectivity index (χ3n) is 6.99. The molecular weight excluding hydrogens is 606 g/mol. The molecule has 10 nitrogen and oxygen atoms in total. The van der Waals surface area contributed by atoms with Gasteiger partial charge < -0.3 is 23.9 Å². The van der Waals surface area contributed by atoms with Crippen LogP contribution in [0.2, 0.25) is 5.02 Å². The minimum Gasteiger partial charge on any atom is -0.493 e. The Morgan fingerprint density at radius 3 is 2.30 bits per heavy atom. The second kappa shape index (κ2) is 13.2. The van der Waals surface area contributed by atoms with Gasteiger partial charge in [0.1, 0.15) is 16.3 Å². The zero-order valence-corrected chi connectivity index (χ0v) is 26.8. The van der Waals surface area contributed by atoms with Gasteiger partial charge in [0.05, 0.1) is 49.4 Å². The number of ether oxygens (including phenoxy) is 4. The zero-order chi connectivity index (χ0) is 32.3. The van der Waals surface area contributed by atoms with E-state index >= 15 is 0 Å². The maximum Gasteiger partial charge on any atom is 0.340 e. The number of nitrogens with zero attached hydrogens (tertiary/aromatic N) is 2. The Labute approximate surface area is 262 Å². The van der Waals surface area contributed by atoms with Crippen LogP contribution in [0, 0.1) is 32.1 Å². The molecule has 0 unspecified atom stereocenters. The van der Waals surface area contributed by atoms with Gasteiger partial charge in [-0.25, -0.2) is 4.79 Å². The topological polar surface area (TPSA) is 133 Å². The number of aryl methyl sites for hydroxylation is 1. The van der Waals surface area contributed by atoms with Crippen molar-refractivity contribution in [1.29, 1.82) is 5.26 Å². The summed E-state index contributed by atoms with van der Waals surface area (Å²) < 4.78 is 23.1. The number of esters is 1. The molecule has 0 spiro atoms. The molecule has 4 aromatic rings. The van der Waals surface area contributed by atoms with Crippen LogP contribution in [0.5, 0.6) is 17.2 Å². The van der Waals surface area contributed by atoms with E-state index in [0.29, 0.717) is 50.3 Å². The fraction of sp³-hybridized carbons (Fsp3) is 0.250. The van der Waals surface area contributed by atoms with Gasteiger partial charge >= 0.3 is 5.97 Å². The predicted octanol–water partition coefficient (Wildman–Crippen LogP) is 4.39. The van der Waals surface area contributed by atoms with E-state index < -0.39 is 17.3 Å².